The van der Waals surface area contributed by atoms with Gasteiger partial charge < -0.3 is 5.11 Å². The van der Waals surface area contributed by atoms with E-state index in [0.717, 1.165) is 27.3 Å². The van der Waals surface area contributed by atoms with Crippen LogP contribution in [0.2, 0.25) is 0 Å². The highest BCUT2D eigenvalue weighted by molar-refractivity contribution is 7.16. The Labute approximate surface area is 102 Å². The number of nitrogens with zero attached hydrogens (tertiary/aromatic N) is 2. The van der Waals surface area contributed by atoms with E-state index in [9.17, 15) is 4.79 Å². The van der Waals surface area contributed by atoms with Crippen LogP contribution >= 0.6 is 11.3 Å². The van der Waals surface area contributed by atoms with Gasteiger partial charge in [0.15, 0.2) is 0 Å². The van der Waals surface area contributed by atoms with Crippen LogP contribution in [0.4, 0.5) is 0 Å². The molecule has 2 aromatic rings. The summed E-state index contributed by atoms with van der Waals surface area (Å²) >= 11 is 1.43. The fourth-order valence-electron chi connectivity index (χ4n) is 1.31. The molecule has 0 aliphatic carbocycles. The van der Waals surface area contributed by atoms with Gasteiger partial charge in [-0.3, -0.25) is 4.98 Å². The zero-order chi connectivity index (χ0) is 12.3. The van der Waals surface area contributed by atoms with E-state index in [-0.39, 0.29) is 0 Å². The zero-order valence-corrected chi connectivity index (χ0v) is 9.94. The van der Waals surface area contributed by atoms with Crippen molar-refractivity contribution in [2.24, 2.45) is 0 Å². The molecular weight excluding hydrogens is 236 g/mol. The number of aliphatic carboxylic acids is 1. The predicted octanol–water partition coefficient (Wildman–Crippen LogP) is 2.61. The van der Waals surface area contributed by atoms with E-state index in [0.29, 0.717) is 0 Å². The third-order valence-corrected chi connectivity index (χ3v) is 3.24. The molecule has 1 N–H and O–H groups in total. The van der Waals surface area contributed by atoms with Crippen molar-refractivity contribution in [1.29, 1.82) is 0 Å². The first-order valence-corrected chi connectivity index (χ1v) is 5.78. The van der Waals surface area contributed by atoms with E-state index < -0.39 is 5.97 Å². The number of thiazole rings is 1. The second-order valence-corrected chi connectivity index (χ2v) is 4.39. The Balaban J connectivity index is 2.34. The Morgan fingerprint density at radius 1 is 1.47 bits per heavy atom. The largest absolute Gasteiger partial charge is 0.478 e. The molecule has 4 nitrogen and oxygen atoms in total. The maximum absolute atomic E-state index is 10.4. The number of pyridine rings is 1. The number of carbonyl (C=O) groups is 1. The van der Waals surface area contributed by atoms with Gasteiger partial charge in [-0.1, -0.05) is 6.07 Å². The van der Waals surface area contributed by atoms with E-state index in [2.05, 4.69) is 9.97 Å². The van der Waals surface area contributed by atoms with Gasteiger partial charge in [0.05, 0.1) is 16.3 Å². The second-order valence-electron chi connectivity index (χ2n) is 3.36. The normalized spacial score (nSPS) is 10.9. The lowest BCUT2D eigenvalue weighted by molar-refractivity contribution is -0.131. The SMILES string of the molecule is Cc1nc(-c2ccccn2)sc1/C=C/C(=O)O. The maximum Gasteiger partial charge on any atom is 0.328 e. The summed E-state index contributed by atoms with van der Waals surface area (Å²) in [6, 6.07) is 5.62. The third kappa shape index (κ3) is 2.76. The molecule has 5 heteroatoms. The van der Waals surface area contributed by atoms with Gasteiger partial charge in [0.25, 0.3) is 0 Å². The Morgan fingerprint density at radius 2 is 2.29 bits per heavy atom. The Bertz CT molecular complexity index is 561. The molecule has 0 unspecified atom stereocenters. The van der Waals surface area contributed by atoms with Crippen molar-refractivity contribution in [2.45, 2.75) is 6.92 Å². The van der Waals surface area contributed by atoms with Gasteiger partial charge in [0.1, 0.15) is 5.01 Å². The van der Waals surface area contributed by atoms with E-state index in [4.69, 9.17) is 5.11 Å². The van der Waals surface area contributed by atoms with Crippen LogP contribution in [0.15, 0.2) is 30.5 Å². The van der Waals surface area contributed by atoms with Gasteiger partial charge in [0.2, 0.25) is 0 Å². The average molecular weight is 246 g/mol. The molecule has 0 atom stereocenters. The van der Waals surface area contributed by atoms with Crippen molar-refractivity contribution < 1.29 is 9.90 Å². The van der Waals surface area contributed by atoms with Crippen molar-refractivity contribution in [3.8, 4) is 10.7 Å². The lowest BCUT2D eigenvalue weighted by Crippen LogP contribution is -1.85. The first-order chi connectivity index (χ1) is 8.16. The molecule has 0 bridgehead atoms. The number of rotatable bonds is 3. The van der Waals surface area contributed by atoms with Crippen molar-refractivity contribution in [2.75, 3.05) is 0 Å². The van der Waals surface area contributed by atoms with Gasteiger partial charge in [0, 0.05) is 12.3 Å². The first-order valence-electron chi connectivity index (χ1n) is 4.96. The molecule has 2 heterocycles. The molecule has 0 spiro atoms. The topological polar surface area (TPSA) is 63.1 Å². The van der Waals surface area contributed by atoms with Crippen LogP contribution in [0.1, 0.15) is 10.6 Å². The summed E-state index contributed by atoms with van der Waals surface area (Å²) in [6.07, 6.45) is 4.38. The summed E-state index contributed by atoms with van der Waals surface area (Å²) in [5.74, 6) is -0.961. The van der Waals surface area contributed by atoms with Crippen molar-refractivity contribution in [3.05, 3.63) is 41.0 Å². The van der Waals surface area contributed by atoms with Gasteiger partial charge >= 0.3 is 5.97 Å². The number of aromatic nitrogens is 2. The van der Waals surface area contributed by atoms with Crippen LogP contribution in [0, 0.1) is 6.92 Å². The van der Waals surface area contributed by atoms with E-state index in [1.807, 2.05) is 25.1 Å². The highest BCUT2D eigenvalue weighted by Crippen LogP contribution is 2.27. The fraction of sp³-hybridized carbons (Fsp3) is 0.0833. The van der Waals surface area contributed by atoms with Crippen LogP contribution < -0.4 is 0 Å². The molecule has 0 aliphatic heterocycles. The Morgan fingerprint density at radius 3 is 2.94 bits per heavy atom. The lowest BCUT2D eigenvalue weighted by Gasteiger charge is -1.91. The smallest absolute Gasteiger partial charge is 0.328 e. The second kappa shape index (κ2) is 4.88. The summed E-state index contributed by atoms with van der Waals surface area (Å²) in [4.78, 5) is 19.9. The van der Waals surface area contributed by atoms with Gasteiger partial charge in [-0.2, -0.15) is 0 Å². The molecule has 17 heavy (non-hydrogen) atoms. The van der Waals surface area contributed by atoms with Gasteiger partial charge in [-0.15, -0.1) is 11.3 Å². The predicted molar refractivity (Wildman–Crippen MR) is 66.8 cm³/mol. The molecule has 0 aromatic carbocycles. The quantitative estimate of drug-likeness (QED) is 0.845. The van der Waals surface area contributed by atoms with Crippen LogP contribution in [0.3, 0.4) is 0 Å². The molecule has 0 fully saturated rings. The standard InChI is InChI=1S/C12H10N2O2S/c1-8-10(5-6-11(15)16)17-12(14-8)9-4-2-3-7-13-9/h2-7H,1H3,(H,15,16)/b6-5+. The molecule has 0 aliphatic rings. The van der Waals surface area contributed by atoms with E-state index in [1.165, 1.54) is 11.3 Å². The van der Waals surface area contributed by atoms with Crippen molar-refractivity contribution in [1.82, 2.24) is 9.97 Å². The lowest BCUT2D eigenvalue weighted by atomic mass is 10.3. The minimum Gasteiger partial charge on any atom is -0.478 e. The number of hydrogen-bond donors (Lipinski definition) is 1. The molecule has 0 radical (unpaired) electrons. The van der Waals surface area contributed by atoms with E-state index >= 15 is 0 Å². The summed E-state index contributed by atoms with van der Waals surface area (Å²) in [6.45, 7) is 1.85. The van der Waals surface area contributed by atoms with E-state index in [1.54, 1.807) is 12.3 Å². The third-order valence-electron chi connectivity index (χ3n) is 2.09. The number of hydrogen-bond acceptors (Lipinski definition) is 4. The molecular formula is C12H10N2O2S. The van der Waals surface area contributed by atoms with Crippen LogP contribution in [0.5, 0.6) is 0 Å². The number of carboxylic acid groups (broad SMARTS) is 1. The Hall–Kier alpha value is -2.01. The molecule has 2 rings (SSSR count). The summed E-state index contributed by atoms with van der Waals surface area (Å²) < 4.78 is 0. The average Bonchev–Trinajstić information content (AvgIpc) is 2.69. The molecule has 0 saturated heterocycles. The highest BCUT2D eigenvalue weighted by atomic mass is 32.1. The van der Waals surface area contributed by atoms with Gasteiger partial charge in [-0.25, -0.2) is 9.78 Å². The Kier molecular flexibility index (Phi) is 3.30. The van der Waals surface area contributed by atoms with Crippen molar-refractivity contribution >= 4 is 23.4 Å². The van der Waals surface area contributed by atoms with Crippen LogP contribution in [0.25, 0.3) is 16.8 Å². The number of carboxylic acids is 1. The minimum atomic E-state index is -0.961. The number of aryl methyl sites for hydroxylation is 1. The maximum atomic E-state index is 10.4. The van der Waals surface area contributed by atoms with Gasteiger partial charge in [-0.05, 0) is 25.1 Å². The molecule has 2 aromatic heterocycles. The summed E-state index contributed by atoms with van der Waals surface area (Å²) in [5, 5.41) is 9.37. The molecule has 86 valence electrons. The monoisotopic (exact) mass is 246 g/mol. The van der Waals surface area contributed by atoms with Crippen LogP contribution in [-0.2, 0) is 4.79 Å². The minimum absolute atomic E-state index is 0.799. The molecule has 0 saturated carbocycles. The van der Waals surface area contributed by atoms with Crippen LogP contribution in [-0.4, -0.2) is 21.0 Å². The summed E-state index contributed by atoms with van der Waals surface area (Å²) in [5.41, 5.74) is 1.61. The van der Waals surface area contributed by atoms with Crippen molar-refractivity contribution in [3.63, 3.8) is 0 Å². The fourth-order valence-corrected chi connectivity index (χ4v) is 2.25. The first kappa shape index (κ1) is 11.5. The summed E-state index contributed by atoms with van der Waals surface area (Å²) in [7, 11) is 0. The molecule has 0 amide bonds. The zero-order valence-electron chi connectivity index (χ0n) is 9.12. The highest BCUT2D eigenvalue weighted by Gasteiger charge is 2.08.